The summed E-state index contributed by atoms with van der Waals surface area (Å²) in [4.78, 5) is 13.0. The van der Waals surface area contributed by atoms with Gasteiger partial charge in [-0.15, -0.1) is 0 Å². The molecule has 15 heavy (non-hydrogen) atoms. The van der Waals surface area contributed by atoms with E-state index in [2.05, 4.69) is 5.32 Å². The maximum Gasteiger partial charge on any atom is 0.219 e. The van der Waals surface area contributed by atoms with Crippen LogP contribution in [0.25, 0.3) is 0 Å². The van der Waals surface area contributed by atoms with Crippen LogP contribution in [0.15, 0.2) is 0 Å². The van der Waals surface area contributed by atoms with Crippen LogP contribution < -0.4 is 11.1 Å². The second-order valence-electron chi connectivity index (χ2n) is 4.30. The Labute approximate surface area is 92.2 Å². The van der Waals surface area contributed by atoms with E-state index in [1.165, 1.54) is 0 Å². The number of nitrogens with zero attached hydrogens (tertiary/aromatic N) is 1. The molecular weight excluding hydrogens is 190 g/mol. The largest absolute Gasteiger partial charge is 0.343 e. The molecule has 1 fully saturated rings. The molecule has 88 valence electrons. The highest BCUT2D eigenvalue weighted by molar-refractivity contribution is 5.73. The molecule has 0 radical (unpaired) electrons. The lowest BCUT2D eigenvalue weighted by atomic mass is 9.97. The van der Waals surface area contributed by atoms with Gasteiger partial charge < -0.3 is 16.0 Å². The van der Waals surface area contributed by atoms with Crippen molar-refractivity contribution >= 4 is 5.91 Å². The SMILES string of the molecule is CC(=O)N1CCC(CNCCCN)CC1. The molecule has 4 nitrogen and oxygen atoms in total. The first kappa shape index (κ1) is 12.5. The van der Waals surface area contributed by atoms with Crippen molar-refractivity contribution in [3.05, 3.63) is 0 Å². The summed E-state index contributed by atoms with van der Waals surface area (Å²) >= 11 is 0. The van der Waals surface area contributed by atoms with Gasteiger partial charge in [-0.1, -0.05) is 0 Å². The predicted octanol–water partition coefficient (Wildman–Crippen LogP) is 0.183. The van der Waals surface area contributed by atoms with E-state index in [1.807, 2.05) is 4.90 Å². The smallest absolute Gasteiger partial charge is 0.219 e. The molecule has 1 amide bonds. The van der Waals surface area contributed by atoms with Crippen LogP contribution in [0.2, 0.25) is 0 Å². The van der Waals surface area contributed by atoms with E-state index in [-0.39, 0.29) is 5.91 Å². The van der Waals surface area contributed by atoms with Crippen molar-refractivity contribution in [1.82, 2.24) is 10.2 Å². The number of piperidine rings is 1. The minimum absolute atomic E-state index is 0.213. The van der Waals surface area contributed by atoms with Gasteiger partial charge in [0.05, 0.1) is 0 Å². The Morgan fingerprint density at radius 1 is 1.47 bits per heavy atom. The van der Waals surface area contributed by atoms with Crippen LogP contribution >= 0.6 is 0 Å². The van der Waals surface area contributed by atoms with Crippen LogP contribution in [0.5, 0.6) is 0 Å². The molecular formula is C11H23N3O. The first-order valence-corrected chi connectivity index (χ1v) is 5.90. The van der Waals surface area contributed by atoms with Crippen LogP contribution in [0.1, 0.15) is 26.2 Å². The second-order valence-corrected chi connectivity index (χ2v) is 4.30. The van der Waals surface area contributed by atoms with Crippen LogP contribution in [0.4, 0.5) is 0 Å². The second kappa shape index (κ2) is 6.80. The number of rotatable bonds is 5. The molecule has 4 heteroatoms. The summed E-state index contributed by atoms with van der Waals surface area (Å²) in [7, 11) is 0. The molecule has 0 bridgehead atoms. The van der Waals surface area contributed by atoms with E-state index in [4.69, 9.17) is 5.73 Å². The van der Waals surface area contributed by atoms with Crippen LogP contribution in [0.3, 0.4) is 0 Å². The summed E-state index contributed by atoms with van der Waals surface area (Å²) in [6.07, 6.45) is 3.32. The average Bonchev–Trinajstić information content (AvgIpc) is 2.25. The molecule has 0 atom stereocenters. The first-order valence-electron chi connectivity index (χ1n) is 5.90. The Kier molecular flexibility index (Phi) is 5.65. The Morgan fingerprint density at radius 3 is 2.67 bits per heavy atom. The number of amides is 1. The van der Waals surface area contributed by atoms with Gasteiger partial charge in [0.2, 0.25) is 5.91 Å². The first-order chi connectivity index (χ1) is 7.24. The fraction of sp³-hybridized carbons (Fsp3) is 0.909. The minimum Gasteiger partial charge on any atom is -0.343 e. The Morgan fingerprint density at radius 2 is 2.13 bits per heavy atom. The molecule has 0 aromatic carbocycles. The van der Waals surface area contributed by atoms with Gasteiger partial charge >= 0.3 is 0 Å². The van der Waals surface area contributed by atoms with Crippen molar-refractivity contribution in [3.8, 4) is 0 Å². The molecule has 1 aliphatic rings. The molecule has 1 rings (SSSR count). The number of carbonyl (C=O) groups excluding carboxylic acids is 1. The molecule has 0 saturated carbocycles. The molecule has 1 heterocycles. The molecule has 0 aliphatic carbocycles. The van der Waals surface area contributed by atoms with E-state index in [0.29, 0.717) is 0 Å². The molecule has 0 aromatic rings. The third-order valence-corrected chi connectivity index (χ3v) is 3.05. The number of carbonyl (C=O) groups is 1. The van der Waals surface area contributed by atoms with Crippen molar-refractivity contribution in [2.45, 2.75) is 26.2 Å². The minimum atomic E-state index is 0.213. The number of hydrogen-bond donors (Lipinski definition) is 2. The molecule has 1 saturated heterocycles. The molecule has 3 N–H and O–H groups in total. The number of likely N-dealkylation sites (tertiary alicyclic amines) is 1. The predicted molar refractivity (Wildman–Crippen MR) is 61.5 cm³/mol. The topological polar surface area (TPSA) is 58.4 Å². The van der Waals surface area contributed by atoms with Gasteiger partial charge in [0.15, 0.2) is 0 Å². The zero-order valence-corrected chi connectivity index (χ0v) is 9.67. The van der Waals surface area contributed by atoms with E-state index >= 15 is 0 Å². The zero-order chi connectivity index (χ0) is 11.1. The highest BCUT2D eigenvalue weighted by Gasteiger charge is 2.19. The third kappa shape index (κ3) is 4.62. The Hall–Kier alpha value is -0.610. The average molecular weight is 213 g/mol. The van der Waals surface area contributed by atoms with Crippen LogP contribution in [-0.4, -0.2) is 43.5 Å². The molecule has 0 unspecified atom stereocenters. The summed E-state index contributed by atoms with van der Waals surface area (Å²) in [5, 5.41) is 3.42. The van der Waals surface area contributed by atoms with Crippen LogP contribution in [-0.2, 0) is 4.79 Å². The van der Waals surface area contributed by atoms with Crippen molar-refractivity contribution in [3.63, 3.8) is 0 Å². The van der Waals surface area contributed by atoms with Gasteiger partial charge in [0.1, 0.15) is 0 Å². The normalized spacial score (nSPS) is 18.1. The number of nitrogens with two attached hydrogens (primary N) is 1. The van der Waals surface area contributed by atoms with E-state index in [0.717, 1.165) is 57.9 Å². The lowest BCUT2D eigenvalue weighted by Gasteiger charge is -2.31. The fourth-order valence-corrected chi connectivity index (χ4v) is 1.99. The summed E-state index contributed by atoms with van der Waals surface area (Å²) in [6.45, 7) is 6.36. The van der Waals surface area contributed by atoms with Gasteiger partial charge in [0.25, 0.3) is 0 Å². The third-order valence-electron chi connectivity index (χ3n) is 3.05. The van der Waals surface area contributed by atoms with Gasteiger partial charge in [0, 0.05) is 20.0 Å². The quantitative estimate of drug-likeness (QED) is 0.641. The monoisotopic (exact) mass is 213 g/mol. The van der Waals surface area contributed by atoms with Gasteiger partial charge in [-0.3, -0.25) is 4.79 Å². The summed E-state index contributed by atoms with van der Waals surface area (Å²) in [5.41, 5.74) is 5.42. The molecule has 0 aromatic heterocycles. The van der Waals surface area contributed by atoms with E-state index in [9.17, 15) is 4.79 Å². The lowest BCUT2D eigenvalue weighted by molar-refractivity contribution is -0.130. The Balaban J connectivity index is 2.07. The van der Waals surface area contributed by atoms with Crippen molar-refractivity contribution in [2.24, 2.45) is 11.7 Å². The van der Waals surface area contributed by atoms with Crippen molar-refractivity contribution in [2.75, 3.05) is 32.7 Å². The summed E-state index contributed by atoms with van der Waals surface area (Å²) in [5.74, 6) is 0.947. The highest BCUT2D eigenvalue weighted by atomic mass is 16.2. The van der Waals surface area contributed by atoms with Gasteiger partial charge in [-0.25, -0.2) is 0 Å². The number of hydrogen-bond acceptors (Lipinski definition) is 3. The Bertz CT molecular complexity index is 188. The van der Waals surface area contributed by atoms with Crippen molar-refractivity contribution in [1.29, 1.82) is 0 Å². The summed E-state index contributed by atoms with van der Waals surface area (Å²) in [6, 6.07) is 0. The lowest BCUT2D eigenvalue weighted by Crippen LogP contribution is -2.39. The van der Waals surface area contributed by atoms with E-state index in [1.54, 1.807) is 6.92 Å². The maximum absolute atomic E-state index is 11.1. The van der Waals surface area contributed by atoms with Gasteiger partial charge in [-0.2, -0.15) is 0 Å². The zero-order valence-electron chi connectivity index (χ0n) is 9.67. The number of nitrogens with one attached hydrogen (secondary N) is 1. The molecule has 1 aliphatic heterocycles. The van der Waals surface area contributed by atoms with Crippen LogP contribution in [0, 0.1) is 5.92 Å². The summed E-state index contributed by atoms with van der Waals surface area (Å²) < 4.78 is 0. The van der Waals surface area contributed by atoms with Crippen molar-refractivity contribution < 1.29 is 4.79 Å². The van der Waals surface area contributed by atoms with E-state index < -0.39 is 0 Å². The maximum atomic E-state index is 11.1. The standard InChI is InChI=1S/C11H23N3O/c1-10(15)14-7-3-11(4-8-14)9-13-6-2-5-12/h11,13H,2-9,12H2,1H3. The fourth-order valence-electron chi connectivity index (χ4n) is 1.99. The highest BCUT2D eigenvalue weighted by Crippen LogP contribution is 2.16. The van der Waals surface area contributed by atoms with Gasteiger partial charge in [-0.05, 0) is 44.8 Å². The molecule has 0 spiro atoms.